The molecule has 4 heteroatoms. The van der Waals surface area contributed by atoms with Gasteiger partial charge in [-0.3, -0.25) is 4.79 Å². The third-order valence-corrected chi connectivity index (χ3v) is 2.40. The summed E-state index contributed by atoms with van der Waals surface area (Å²) in [6.07, 6.45) is 5.48. The topological polar surface area (TPSA) is 46.3 Å². The van der Waals surface area contributed by atoms with Crippen LogP contribution in [0.5, 0.6) is 0 Å². The molecule has 1 aliphatic rings. The Bertz CT molecular complexity index is 178. The quantitative estimate of drug-likeness (QED) is 0.518. The average Bonchev–Trinajstić information content (AvgIpc) is 2.51. The first kappa shape index (κ1) is 9.45. The first-order valence-corrected chi connectivity index (χ1v) is 4.64. The molecule has 12 heavy (non-hydrogen) atoms. The molecule has 1 rings (SSSR count). The van der Waals surface area contributed by atoms with Gasteiger partial charge in [0.05, 0.1) is 11.5 Å². The van der Waals surface area contributed by atoms with Gasteiger partial charge in [0.15, 0.2) is 0 Å². The summed E-state index contributed by atoms with van der Waals surface area (Å²) in [4.78, 5) is 12.8. The zero-order chi connectivity index (χ0) is 8.97. The number of amides is 1. The number of carbonyl (C=O) groups excluding carboxylic acids is 1. The third kappa shape index (κ3) is 2.44. The van der Waals surface area contributed by atoms with Crippen LogP contribution in [0.2, 0.25) is 0 Å². The zero-order valence-electron chi connectivity index (χ0n) is 7.03. The predicted molar refractivity (Wildman–Crippen MR) is 51.8 cm³/mol. The minimum Gasteiger partial charge on any atom is -0.392 e. The summed E-state index contributed by atoms with van der Waals surface area (Å²) in [6, 6.07) is 0.379. The van der Waals surface area contributed by atoms with Crippen LogP contribution in [0.15, 0.2) is 0 Å². The molecule has 1 fully saturated rings. The molecule has 1 amide bonds. The third-order valence-electron chi connectivity index (χ3n) is 2.27. The second-order valence-corrected chi connectivity index (χ2v) is 3.71. The van der Waals surface area contributed by atoms with Crippen LogP contribution in [0.25, 0.3) is 0 Å². The van der Waals surface area contributed by atoms with Gasteiger partial charge in [0, 0.05) is 6.04 Å². The number of nitrogens with zero attached hydrogens (tertiary/aromatic N) is 1. The lowest BCUT2D eigenvalue weighted by Crippen LogP contribution is -2.38. The van der Waals surface area contributed by atoms with Gasteiger partial charge < -0.3 is 10.6 Å². The molecule has 0 aromatic carbocycles. The maximum atomic E-state index is 10.6. The fourth-order valence-corrected chi connectivity index (χ4v) is 1.82. The van der Waals surface area contributed by atoms with Crippen LogP contribution < -0.4 is 5.73 Å². The van der Waals surface area contributed by atoms with Crippen LogP contribution in [0, 0.1) is 0 Å². The van der Waals surface area contributed by atoms with E-state index in [1.165, 1.54) is 12.8 Å². The molecule has 0 bridgehead atoms. The summed E-state index contributed by atoms with van der Waals surface area (Å²) in [5.74, 6) is 0. The molecular weight excluding hydrogens is 172 g/mol. The van der Waals surface area contributed by atoms with E-state index in [4.69, 9.17) is 18.0 Å². The lowest BCUT2D eigenvalue weighted by Gasteiger charge is -2.23. The van der Waals surface area contributed by atoms with Crippen molar-refractivity contribution in [2.75, 3.05) is 6.54 Å². The molecule has 0 spiro atoms. The van der Waals surface area contributed by atoms with Crippen molar-refractivity contribution < 1.29 is 4.79 Å². The van der Waals surface area contributed by atoms with Crippen molar-refractivity contribution in [1.82, 2.24) is 4.90 Å². The summed E-state index contributed by atoms with van der Waals surface area (Å²) in [5, 5.41) is 0. The van der Waals surface area contributed by atoms with E-state index in [-0.39, 0.29) is 0 Å². The van der Waals surface area contributed by atoms with Gasteiger partial charge in [0.1, 0.15) is 0 Å². The highest BCUT2D eigenvalue weighted by molar-refractivity contribution is 7.80. The number of hydrogen-bond donors (Lipinski definition) is 1. The Hall–Kier alpha value is -0.640. The second kappa shape index (κ2) is 4.40. The van der Waals surface area contributed by atoms with Crippen LogP contribution in [-0.2, 0) is 4.79 Å². The monoisotopic (exact) mass is 186 g/mol. The molecule has 0 radical (unpaired) electrons. The van der Waals surface area contributed by atoms with Crippen molar-refractivity contribution in [3.63, 3.8) is 0 Å². The Morgan fingerprint density at radius 3 is 2.58 bits per heavy atom. The minimum atomic E-state index is 0.379. The molecule has 0 unspecified atom stereocenters. The molecule has 1 aliphatic carbocycles. The number of rotatable bonds is 4. The molecule has 0 aromatic heterocycles. The average molecular weight is 186 g/mol. The Labute approximate surface area is 77.9 Å². The number of carbonyl (C=O) groups is 1. The van der Waals surface area contributed by atoms with Crippen molar-refractivity contribution in [1.29, 1.82) is 0 Å². The standard InChI is InChI=1S/C8H14N2OS/c9-8(12)5-10(6-11)7-3-1-2-4-7/h6-7H,1-5H2,(H2,9,12). The normalized spacial score (nSPS) is 17.7. The highest BCUT2D eigenvalue weighted by atomic mass is 32.1. The predicted octanol–water partition coefficient (Wildman–Crippen LogP) is 0.673. The molecule has 3 nitrogen and oxygen atoms in total. The summed E-state index contributed by atoms with van der Waals surface area (Å²) in [6.45, 7) is 0.434. The van der Waals surface area contributed by atoms with E-state index in [2.05, 4.69) is 0 Å². The van der Waals surface area contributed by atoms with Gasteiger partial charge in [0.2, 0.25) is 6.41 Å². The van der Waals surface area contributed by atoms with E-state index in [1.807, 2.05) is 0 Å². The fourth-order valence-electron chi connectivity index (χ4n) is 1.67. The molecule has 0 aliphatic heterocycles. The summed E-state index contributed by atoms with van der Waals surface area (Å²) in [5.41, 5.74) is 5.37. The Morgan fingerprint density at radius 2 is 2.17 bits per heavy atom. The summed E-state index contributed by atoms with van der Waals surface area (Å²) in [7, 11) is 0. The molecule has 68 valence electrons. The van der Waals surface area contributed by atoms with E-state index < -0.39 is 0 Å². The van der Waals surface area contributed by atoms with Crippen molar-refractivity contribution in [3.8, 4) is 0 Å². The smallest absolute Gasteiger partial charge is 0.210 e. The van der Waals surface area contributed by atoms with Crippen molar-refractivity contribution in [2.45, 2.75) is 31.7 Å². The van der Waals surface area contributed by atoms with Crippen LogP contribution in [0.4, 0.5) is 0 Å². The van der Waals surface area contributed by atoms with Gasteiger partial charge in [-0.1, -0.05) is 25.1 Å². The molecule has 0 atom stereocenters. The van der Waals surface area contributed by atoms with Crippen LogP contribution in [0.1, 0.15) is 25.7 Å². The van der Waals surface area contributed by atoms with Gasteiger partial charge in [-0.05, 0) is 12.8 Å². The lowest BCUT2D eigenvalue weighted by molar-refractivity contribution is -0.119. The van der Waals surface area contributed by atoms with E-state index in [9.17, 15) is 4.79 Å². The van der Waals surface area contributed by atoms with E-state index >= 15 is 0 Å². The summed E-state index contributed by atoms with van der Waals surface area (Å²) >= 11 is 4.75. The maximum Gasteiger partial charge on any atom is 0.210 e. The van der Waals surface area contributed by atoms with Crippen LogP contribution >= 0.6 is 12.2 Å². The summed E-state index contributed by atoms with van der Waals surface area (Å²) < 4.78 is 0. The second-order valence-electron chi connectivity index (χ2n) is 3.18. The van der Waals surface area contributed by atoms with E-state index in [1.54, 1.807) is 4.90 Å². The largest absolute Gasteiger partial charge is 0.392 e. The highest BCUT2D eigenvalue weighted by Crippen LogP contribution is 2.22. The number of thiocarbonyl (C=S) groups is 1. The first-order chi connectivity index (χ1) is 5.74. The Balaban J connectivity index is 2.42. The first-order valence-electron chi connectivity index (χ1n) is 4.23. The fraction of sp³-hybridized carbons (Fsp3) is 0.750. The number of nitrogens with two attached hydrogens (primary N) is 1. The van der Waals surface area contributed by atoms with Gasteiger partial charge in [-0.25, -0.2) is 0 Å². The molecule has 0 heterocycles. The van der Waals surface area contributed by atoms with Gasteiger partial charge >= 0.3 is 0 Å². The van der Waals surface area contributed by atoms with Crippen molar-refractivity contribution in [3.05, 3.63) is 0 Å². The van der Waals surface area contributed by atoms with Gasteiger partial charge in [-0.2, -0.15) is 0 Å². The number of hydrogen-bond acceptors (Lipinski definition) is 2. The highest BCUT2D eigenvalue weighted by Gasteiger charge is 2.21. The molecule has 2 N–H and O–H groups in total. The molecule has 0 saturated heterocycles. The minimum absolute atomic E-state index is 0.379. The Kier molecular flexibility index (Phi) is 3.47. The van der Waals surface area contributed by atoms with Crippen LogP contribution in [0.3, 0.4) is 0 Å². The maximum absolute atomic E-state index is 10.6. The van der Waals surface area contributed by atoms with Gasteiger partial charge in [0.25, 0.3) is 0 Å². The van der Waals surface area contributed by atoms with Crippen molar-refractivity contribution >= 4 is 23.6 Å². The van der Waals surface area contributed by atoms with E-state index in [0.29, 0.717) is 17.6 Å². The molecule has 0 aromatic rings. The zero-order valence-corrected chi connectivity index (χ0v) is 7.85. The molecular formula is C8H14N2OS. The van der Waals surface area contributed by atoms with Crippen molar-refractivity contribution in [2.24, 2.45) is 5.73 Å². The Morgan fingerprint density at radius 1 is 1.58 bits per heavy atom. The van der Waals surface area contributed by atoms with E-state index in [0.717, 1.165) is 19.3 Å². The molecule has 1 saturated carbocycles. The lowest BCUT2D eigenvalue weighted by atomic mass is 10.2. The SMILES string of the molecule is NC(=S)CN(C=O)C1CCCC1. The van der Waals surface area contributed by atoms with Gasteiger partial charge in [-0.15, -0.1) is 0 Å². The van der Waals surface area contributed by atoms with Crippen LogP contribution in [-0.4, -0.2) is 28.9 Å².